The van der Waals surface area contributed by atoms with Crippen molar-refractivity contribution in [3.05, 3.63) is 58.7 Å². The van der Waals surface area contributed by atoms with Gasteiger partial charge < -0.3 is 18.9 Å². The Morgan fingerprint density at radius 3 is 1.50 bits per heavy atom. The number of hydrogen-bond acceptors (Lipinski definition) is 4. The molecule has 0 fully saturated rings. The van der Waals surface area contributed by atoms with Gasteiger partial charge in [-0.1, -0.05) is 36.4 Å². The van der Waals surface area contributed by atoms with Crippen LogP contribution in [0, 0.1) is 0 Å². The Morgan fingerprint density at radius 2 is 1.04 bits per heavy atom. The Bertz CT molecular complexity index is 608. The standard InChI is InChI=1S/C20H26O4/c1-21-11-15-5-7-17(8-6-15)20-18(13-23-3)9-16(12-22-2)10-19(20)14-24-4/h5-10H,11-14H2,1-4H3. The summed E-state index contributed by atoms with van der Waals surface area (Å²) < 4.78 is 21.3. The Kier molecular flexibility index (Phi) is 7.40. The topological polar surface area (TPSA) is 36.9 Å². The zero-order chi connectivity index (χ0) is 17.4. The lowest BCUT2D eigenvalue weighted by Gasteiger charge is -2.17. The third kappa shape index (κ3) is 4.65. The van der Waals surface area contributed by atoms with Crippen molar-refractivity contribution >= 4 is 0 Å². The minimum atomic E-state index is 0.545. The van der Waals surface area contributed by atoms with Crippen molar-refractivity contribution in [3.8, 4) is 11.1 Å². The highest BCUT2D eigenvalue weighted by Gasteiger charge is 2.13. The molecule has 0 saturated heterocycles. The van der Waals surface area contributed by atoms with Crippen LogP contribution in [0.5, 0.6) is 0 Å². The normalized spacial score (nSPS) is 11.0. The largest absolute Gasteiger partial charge is 0.380 e. The van der Waals surface area contributed by atoms with Crippen molar-refractivity contribution in [1.82, 2.24) is 0 Å². The number of hydrogen-bond donors (Lipinski definition) is 0. The molecule has 0 radical (unpaired) electrons. The molecule has 0 aliphatic heterocycles. The molecule has 0 aliphatic carbocycles. The van der Waals surface area contributed by atoms with E-state index in [-0.39, 0.29) is 0 Å². The molecule has 0 atom stereocenters. The van der Waals surface area contributed by atoms with E-state index in [4.69, 9.17) is 18.9 Å². The van der Waals surface area contributed by atoms with Gasteiger partial charge in [-0.3, -0.25) is 0 Å². The molecule has 2 aromatic carbocycles. The van der Waals surface area contributed by atoms with Gasteiger partial charge in [0.2, 0.25) is 0 Å². The van der Waals surface area contributed by atoms with Gasteiger partial charge in [0, 0.05) is 28.4 Å². The number of benzene rings is 2. The predicted octanol–water partition coefficient (Wildman–Crippen LogP) is 3.94. The van der Waals surface area contributed by atoms with E-state index in [9.17, 15) is 0 Å². The van der Waals surface area contributed by atoms with Crippen LogP contribution >= 0.6 is 0 Å². The molecule has 0 aliphatic rings. The van der Waals surface area contributed by atoms with Crippen LogP contribution in [0.25, 0.3) is 11.1 Å². The summed E-state index contributed by atoms with van der Waals surface area (Å²) in [5, 5.41) is 0. The molecule has 2 aromatic rings. The van der Waals surface area contributed by atoms with Crippen LogP contribution in [0.4, 0.5) is 0 Å². The van der Waals surface area contributed by atoms with Crippen molar-refractivity contribution in [1.29, 1.82) is 0 Å². The molecule has 0 N–H and O–H groups in total. The maximum absolute atomic E-state index is 5.42. The first-order valence-electron chi connectivity index (χ1n) is 7.93. The van der Waals surface area contributed by atoms with Crippen LogP contribution in [0.3, 0.4) is 0 Å². The molecule has 0 bridgehead atoms. The quantitative estimate of drug-likeness (QED) is 0.698. The number of methoxy groups -OCH3 is 4. The second kappa shape index (κ2) is 9.55. The molecule has 4 heteroatoms. The lowest BCUT2D eigenvalue weighted by molar-refractivity contribution is 0.175. The minimum absolute atomic E-state index is 0.545. The summed E-state index contributed by atoms with van der Waals surface area (Å²) in [5.41, 5.74) is 6.87. The van der Waals surface area contributed by atoms with E-state index in [2.05, 4.69) is 36.4 Å². The molecular formula is C20H26O4. The first-order chi connectivity index (χ1) is 11.7. The van der Waals surface area contributed by atoms with Crippen LogP contribution < -0.4 is 0 Å². The van der Waals surface area contributed by atoms with E-state index in [0.717, 1.165) is 27.8 Å². The van der Waals surface area contributed by atoms with E-state index < -0.39 is 0 Å². The molecule has 24 heavy (non-hydrogen) atoms. The van der Waals surface area contributed by atoms with Crippen molar-refractivity contribution in [2.75, 3.05) is 28.4 Å². The molecule has 0 saturated carbocycles. The molecule has 130 valence electrons. The summed E-state index contributed by atoms with van der Waals surface area (Å²) in [6.45, 7) is 2.27. The van der Waals surface area contributed by atoms with Gasteiger partial charge in [-0.05, 0) is 33.4 Å². The zero-order valence-electron chi connectivity index (χ0n) is 14.9. The van der Waals surface area contributed by atoms with Crippen LogP contribution in [-0.4, -0.2) is 28.4 Å². The smallest absolute Gasteiger partial charge is 0.0719 e. The van der Waals surface area contributed by atoms with Gasteiger partial charge in [-0.15, -0.1) is 0 Å². The Hall–Kier alpha value is -1.72. The summed E-state index contributed by atoms with van der Waals surface area (Å²) in [7, 11) is 6.83. The molecule has 0 amide bonds. The molecule has 4 nitrogen and oxygen atoms in total. The molecule has 2 rings (SSSR count). The number of ether oxygens (including phenoxy) is 4. The van der Waals surface area contributed by atoms with Gasteiger partial charge in [-0.2, -0.15) is 0 Å². The van der Waals surface area contributed by atoms with E-state index in [1.165, 1.54) is 5.56 Å². The highest BCUT2D eigenvalue weighted by Crippen LogP contribution is 2.31. The molecule has 0 spiro atoms. The summed E-state index contributed by atoms with van der Waals surface area (Å²) in [5.74, 6) is 0. The van der Waals surface area contributed by atoms with Gasteiger partial charge in [0.1, 0.15) is 0 Å². The van der Waals surface area contributed by atoms with Crippen LogP contribution in [0.1, 0.15) is 22.3 Å². The summed E-state index contributed by atoms with van der Waals surface area (Å²) in [6.07, 6.45) is 0. The first-order valence-corrected chi connectivity index (χ1v) is 7.93. The first kappa shape index (κ1) is 18.6. The summed E-state index contributed by atoms with van der Waals surface area (Å²) in [6, 6.07) is 12.7. The fourth-order valence-electron chi connectivity index (χ4n) is 2.93. The van der Waals surface area contributed by atoms with Crippen molar-refractivity contribution < 1.29 is 18.9 Å². The lowest BCUT2D eigenvalue weighted by atomic mass is 9.92. The zero-order valence-corrected chi connectivity index (χ0v) is 14.9. The third-order valence-corrected chi connectivity index (χ3v) is 3.83. The highest BCUT2D eigenvalue weighted by atomic mass is 16.5. The van der Waals surface area contributed by atoms with E-state index in [1.54, 1.807) is 28.4 Å². The Labute approximate surface area is 144 Å². The fraction of sp³-hybridized carbons (Fsp3) is 0.400. The van der Waals surface area contributed by atoms with Gasteiger partial charge in [-0.25, -0.2) is 0 Å². The van der Waals surface area contributed by atoms with Gasteiger partial charge in [0.25, 0.3) is 0 Å². The maximum atomic E-state index is 5.42. The molecular weight excluding hydrogens is 304 g/mol. The number of rotatable bonds is 9. The second-order valence-corrected chi connectivity index (χ2v) is 5.72. The monoisotopic (exact) mass is 330 g/mol. The minimum Gasteiger partial charge on any atom is -0.380 e. The van der Waals surface area contributed by atoms with E-state index >= 15 is 0 Å². The molecule has 0 aromatic heterocycles. The van der Waals surface area contributed by atoms with Crippen molar-refractivity contribution in [3.63, 3.8) is 0 Å². The third-order valence-electron chi connectivity index (χ3n) is 3.83. The van der Waals surface area contributed by atoms with E-state index in [0.29, 0.717) is 26.4 Å². The molecule has 0 heterocycles. The summed E-state index contributed by atoms with van der Waals surface area (Å²) >= 11 is 0. The Morgan fingerprint density at radius 1 is 0.583 bits per heavy atom. The lowest BCUT2D eigenvalue weighted by Crippen LogP contribution is -2.02. The maximum Gasteiger partial charge on any atom is 0.0719 e. The second-order valence-electron chi connectivity index (χ2n) is 5.72. The van der Waals surface area contributed by atoms with Crippen molar-refractivity contribution in [2.45, 2.75) is 26.4 Å². The SMILES string of the molecule is COCc1ccc(-c2c(COC)cc(COC)cc2COC)cc1. The summed E-state index contributed by atoms with van der Waals surface area (Å²) in [4.78, 5) is 0. The van der Waals surface area contributed by atoms with Crippen LogP contribution in [-0.2, 0) is 45.4 Å². The average Bonchev–Trinajstić information content (AvgIpc) is 2.57. The van der Waals surface area contributed by atoms with Crippen molar-refractivity contribution in [2.24, 2.45) is 0 Å². The van der Waals surface area contributed by atoms with Gasteiger partial charge >= 0.3 is 0 Å². The fourth-order valence-corrected chi connectivity index (χ4v) is 2.93. The van der Waals surface area contributed by atoms with Crippen LogP contribution in [0.15, 0.2) is 36.4 Å². The average molecular weight is 330 g/mol. The van der Waals surface area contributed by atoms with Gasteiger partial charge in [0.15, 0.2) is 0 Å². The highest BCUT2D eigenvalue weighted by molar-refractivity contribution is 5.72. The Balaban J connectivity index is 2.51. The predicted molar refractivity (Wildman–Crippen MR) is 94.7 cm³/mol. The van der Waals surface area contributed by atoms with Crippen LogP contribution in [0.2, 0.25) is 0 Å². The van der Waals surface area contributed by atoms with Gasteiger partial charge in [0.05, 0.1) is 26.4 Å². The van der Waals surface area contributed by atoms with E-state index in [1.807, 2.05) is 0 Å². The molecule has 0 unspecified atom stereocenters.